The lowest BCUT2D eigenvalue weighted by Gasteiger charge is -2.05. The van der Waals surface area contributed by atoms with E-state index in [2.05, 4.69) is 15.9 Å². The lowest BCUT2D eigenvalue weighted by Crippen LogP contribution is -2.13. The summed E-state index contributed by atoms with van der Waals surface area (Å²) in [6, 6.07) is 0. The van der Waals surface area contributed by atoms with E-state index in [1.165, 1.54) is 0 Å². The Morgan fingerprint density at radius 3 is 2.33 bits per heavy atom. The van der Waals surface area contributed by atoms with Gasteiger partial charge in [-0.2, -0.15) is 0 Å². The molecular formula is C5H9BrO3. The number of hydrogen-bond acceptors (Lipinski definition) is 2. The van der Waals surface area contributed by atoms with Gasteiger partial charge in [0.25, 0.3) is 0 Å². The van der Waals surface area contributed by atoms with Crippen LogP contribution in [0.25, 0.3) is 0 Å². The van der Waals surface area contributed by atoms with Crippen molar-refractivity contribution in [2.24, 2.45) is 5.92 Å². The summed E-state index contributed by atoms with van der Waals surface area (Å²) in [5.74, 6) is -1.37. The number of carboxylic acid groups (broad SMARTS) is 1. The molecule has 54 valence electrons. The standard InChI is InChI=1S/C5H9BrO3/c1-3(5(8)9)2-4(6)7/h3-4,7H,2H2,1H3,(H,8,9). The van der Waals surface area contributed by atoms with E-state index >= 15 is 0 Å². The first-order valence-corrected chi connectivity index (χ1v) is 3.50. The summed E-state index contributed by atoms with van der Waals surface area (Å²) in [6.45, 7) is 1.55. The van der Waals surface area contributed by atoms with E-state index in [4.69, 9.17) is 10.2 Å². The Hall–Kier alpha value is -0.0900. The van der Waals surface area contributed by atoms with Gasteiger partial charge in [0.05, 0.1) is 5.92 Å². The largest absolute Gasteiger partial charge is 0.481 e. The molecule has 4 heteroatoms. The summed E-state index contributed by atoms with van der Waals surface area (Å²) in [4.78, 5) is 10.1. The topological polar surface area (TPSA) is 57.5 Å². The maximum absolute atomic E-state index is 10.1. The van der Waals surface area contributed by atoms with E-state index in [0.717, 1.165) is 0 Å². The second kappa shape index (κ2) is 3.85. The van der Waals surface area contributed by atoms with Crippen LogP contribution in [0.3, 0.4) is 0 Å². The van der Waals surface area contributed by atoms with Gasteiger partial charge in [-0.3, -0.25) is 4.79 Å². The number of carbonyl (C=O) groups is 1. The maximum Gasteiger partial charge on any atom is 0.306 e. The van der Waals surface area contributed by atoms with Crippen LogP contribution in [0.4, 0.5) is 0 Å². The fourth-order valence-corrected chi connectivity index (χ4v) is 0.953. The molecule has 0 spiro atoms. The molecular weight excluding hydrogens is 188 g/mol. The summed E-state index contributed by atoms with van der Waals surface area (Å²) in [7, 11) is 0. The highest BCUT2D eigenvalue weighted by Gasteiger charge is 2.13. The van der Waals surface area contributed by atoms with Crippen molar-refractivity contribution in [2.75, 3.05) is 0 Å². The molecule has 2 atom stereocenters. The number of aliphatic hydroxyl groups excluding tert-OH is 1. The van der Waals surface area contributed by atoms with Crippen molar-refractivity contribution in [3.05, 3.63) is 0 Å². The average Bonchev–Trinajstić information content (AvgIpc) is 1.63. The normalized spacial score (nSPS) is 16.8. The van der Waals surface area contributed by atoms with Crippen LogP contribution in [0, 0.1) is 5.92 Å². The second-order valence-corrected chi connectivity index (χ2v) is 2.97. The van der Waals surface area contributed by atoms with Crippen molar-refractivity contribution in [3.63, 3.8) is 0 Å². The first kappa shape index (κ1) is 8.91. The first-order valence-electron chi connectivity index (χ1n) is 2.59. The van der Waals surface area contributed by atoms with Crippen LogP contribution < -0.4 is 0 Å². The minimum Gasteiger partial charge on any atom is -0.481 e. The first-order chi connectivity index (χ1) is 4.04. The van der Waals surface area contributed by atoms with Crippen molar-refractivity contribution in [1.82, 2.24) is 0 Å². The van der Waals surface area contributed by atoms with Gasteiger partial charge in [0.1, 0.15) is 5.01 Å². The monoisotopic (exact) mass is 196 g/mol. The predicted octanol–water partition coefficient (Wildman–Crippen LogP) is 0.810. The van der Waals surface area contributed by atoms with Crippen LogP contribution in [-0.2, 0) is 4.79 Å². The molecule has 0 saturated carbocycles. The van der Waals surface area contributed by atoms with Crippen LogP contribution >= 0.6 is 15.9 Å². The van der Waals surface area contributed by atoms with Crippen LogP contribution in [0.5, 0.6) is 0 Å². The molecule has 3 nitrogen and oxygen atoms in total. The van der Waals surface area contributed by atoms with Crippen molar-refractivity contribution in [3.8, 4) is 0 Å². The third kappa shape index (κ3) is 4.42. The van der Waals surface area contributed by atoms with Crippen molar-refractivity contribution in [2.45, 2.75) is 18.4 Å². The minimum absolute atomic E-state index is 0.245. The van der Waals surface area contributed by atoms with Gasteiger partial charge in [0.15, 0.2) is 0 Å². The number of hydrogen-bond donors (Lipinski definition) is 2. The number of rotatable bonds is 3. The lowest BCUT2D eigenvalue weighted by atomic mass is 10.1. The van der Waals surface area contributed by atoms with Crippen molar-refractivity contribution in [1.29, 1.82) is 0 Å². The van der Waals surface area contributed by atoms with Crippen LogP contribution in [0.15, 0.2) is 0 Å². The fraction of sp³-hybridized carbons (Fsp3) is 0.800. The molecule has 0 aromatic rings. The third-order valence-electron chi connectivity index (χ3n) is 0.970. The summed E-state index contributed by atoms with van der Waals surface area (Å²) >= 11 is 2.84. The number of aliphatic hydroxyl groups is 1. The zero-order valence-electron chi connectivity index (χ0n) is 5.04. The smallest absolute Gasteiger partial charge is 0.306 e. The average molecular weight is 197 g/mol. The number of carboxylic acids is 1. The Morgan fingerprint density at radius 2 is 2.22 bits per heavy atom. The zero-order valence-corrected chi connectivity index (χ0v) is 6.63. The molecule has 9 heavy (non-hydrogen) atoms. The van der Waals surface area contributed by atoms with Crippen LogP contribution in [0.1, 0.15) is 13.3 Å². The van der Waals surface area contributed by atoms with Crippen molar-refractivity contribution < 1.29 is 15.0 Å². The number of halogens is 1. The Labute approximate surface area is 61.8 Å². The van der Waals surface area contributed by atoms with Gasteiger partial charge < -0.3 is 10.2 Å². The highest BCUT2D eigenvalue weighted by atomic mass is 79.9. The molecule has 0 bridgehead atoms. The summed E-state index contributed by atoms with van der Waals surface area (Å²) in [5.41, 5.74) is 0. The van der Waals surface area contributed by atoms with E-state index < -0.39 is 16.9 Å². The summed E-state index contributed by atoms with van der Waals surface area (Å²) in [5, 5.41) is 16.2. The molecule has 0 aliphatic rings. The molecule has 0 fully saturated rings. The van der Waals surface area contributed by atoms with Crippen LogP contribution in [-0.4, -0.2) is 21.2 Å². The second-order valence-electron chi connectivity index (χ2n) is 1.91. The van der Waals surface area contributed by atoms with Gasteiger partial charge in [-0.05, 0) is 6.42 Å². The quantitative estimate of drug-likeness (QED) is 0.658. The van der Waals surface area contributed by atoms with Gasteiger partial charge in [-0.25, -0.2) is 0 Å². The molecule has 0 aliphatic carbocycles. The van der Waals surface area contributed by atoms with Gasteiger partial charge in [0, 0.05) is 0 Å². The summed E-state index contributed by atoms with van der Waals surface area (Å²) < 4.78 is 0. The van der Waals surface area contributed by atoms with Gasteiger partial charge >= 0.3 is 5.97 Å². The molecule has 0 rings (SSSR count). The van der Waals surface area contributed by atoms with Gasteiger partial charge in [-0.15, -0.1) is 0 Å². The molecule has 0 radical (unpaired) electrons. The zero-order chi connectivity index (χ0) is 7.44. The van der Waals surface area contributed by atoms with E-state index in [-0.39, 0.29) is 6.42 Å². The molecule has 0 heterocycles. The third-order valence-corrected chi connectivity index (χ3v) is 1.34. The fourth-order valence-electron chi connectivity index (χ4n) is 0.393. The highest BCUT2D eigenvalue weighted by Crippen LogP contribution is 2.09. The molecule has 0 aromatic carbocycles. The summed E-state index contributed by atoms with van der Waals surface area (Å²) in [6.07, 6.45) is 0.245. The predicted molar refractivity (Wildman–Crippen MR) is 36.4 cm³/mol. The highest BCUT2D eigenvalue weighted by molar-refractivity contribution is 9.09. The van der Waals surface area contributed by atoms with Gasteiger partial charge in [-0.1, -0.05) is 22.9 Å². The Bertz CT molecular complexity index is 102. The Morgan fingerprint density at radius 1 is 1.78 bits per heavy atom. The molecule has 0 aromatic heterocycles. The Balaban J connectivity index is 3.50. The maximum atomic E-state index is 10.1. The van der Waals surface area contributed by atoms with Crippen molar-refractivity contribution >= 4 is 21.9 Å². The van der Waals surface area contributed by atoms with Crippen LogP contribution in [0.2, 0.25) is 0 Å². The van der Waals surface area contributed by atoms with Gasteiger partial charge in [0.2, 0.25) is 0 Å². The minimum atomic E-state index is -0.881. The van der Waals surface area contributed by atoms with E-state index in [1.54, 1.807) is 6.92 Å². The molecule has 0 saturated heterocycles. The van der Waals surface area contributed by atoms with E-state index in [9.17, 15) is 4.79 Å². The molecule has 0 amide bonds. The lowest BCUT2D eigenvalue weighted by molar-refractivity contribution is -0.141. The SMILES string of the molecule is CC(CC(O)Br)C(=O)O. The van der Waals surface area contributed by atoms with E-state index in [1.807, 2.05) is 0 Å². The molecule has 2 N–H and O–H groups in total. The number of aliphatic carboxylic acids is 1. The Kier molecular flexibility index (Phi) is 3.81. The molecule has 0 aliphatic heterocycles. The molecule has 2 unspecified atom stereocenters. The van der Waals surface area contributed by atoms with E-state index in [0.29, 0.717) is 0 Å². The number of alkyl halides is 1.